The summed E-state index contributed by atoms with van der Waals surface area (Å²) < 4.78 is 5.34. The Morgan fingerprint density at radius 1 is 1.41 bits per heavy atom. The monoisotopic (exact) mass is 237 g/mol. The maximum atomic E-state index is 10.4. The van der Waals surface area contributed by atoms with E-state index in [9.17, 15) is 4.79 Å². The first kappa shape index (κ1) is 13.5. The molecular formula is C13H19NO3. The van der Waals surface area contributed by atoms with Gasteiger partial charge < -0.3 is 15.2 Å². The van der Waals surface area contributed by atoms with E-state index in [1.807, 2.05) is 19.9 Å². The lowest BCUT2D eigenvalue weighted by Crippen LogP contribution is -2.24. The largest absolute Gasteiger partial charge is 0.496 e. The third-order valence-corrected chi connectivity index (χ3v) is 2.62. The summed E-state index contributed by atoms with van der Waals surface area (Å²) in [6.45, 7) is 4.70. The Bertz CT molecular complexity index is 402. The molecule has 0 saturated carbocycles. The quantitative estimate of drug-likeness (QED) is 0.737. The molecule has 1 aromatic carbocycles. The molecule has 2 N–H and O–H groups in total. The van der Waals surface area contributed by atoms with E-state index in [0.29, 0.717) is 6.54 Å². The third kappa shape index (κ3) is 4.07. The highest BCUT2D eigenvalue weighted by molar-refractivity contribution is 5.68. The first-order valence-electron chi connectivity index (χ1n) is 5.61. The van der Waals surface area contributed by atoms with Crippen LogP contribution < -0.4 is 10.1 Å². The molecule has 0 spiro atoms. The van der Waals surface area contributed by atoms with E-state index in [4.69, 9.17) is 9.84 Å². The van der Waals surface area contributed by atoms with E-state index in [1.54, 1.807) is 7.11 Å². The third-order valence-electron chi connectivity index (χ3n) is 2.62. The van der Waals surface area contributed by atoms with E-state index in [1.165, 1.54) is 11.1 Å². The fourth-order valence-electron chi connectivity index (χ4n) is 1.87. The van der Waals surface area contributed by atoms with Crippen LogP contribution in [-0.4, -0.2) is 31.3 Å². The van der Waals surface area contributed by atoms with Crippen molar-refractivity contribution >= 4 is 5.97 Å². The smallest absolute Gasteiger partial charge is 0.317 e. The average Bonchev–Trinajstić information content (AvgIpc) is 2.25. The molecule has 17 heavy (non-hydrogen) atoms. The van der Waals surface area contributed by atoms with Gasteiger partial charge >= 0.3 is 5.97 Å². The summed E-state index contributed by atoms with van der Waals surface area (Å²) in [5.74, 6) is 0.0391. The molecule has 1 rings (SSSR count). The molecule has 4 heteroatoms. The number of methoxy groups -OCH3 is 1. The minimum Gasteiger partial charge on any atom is -0.496 e. The van der Waals surface area contributed by atoms with Gasteiger partial charge in [0.1, 0.15) is 5.75 Å². The zero-order chi connectivity index (χ0) is 12.8. The number of rotatable bonds is 6. The minimum absolute atomic E-state index is 0.00672. The number of hydrogen-bond donors (Lipinski definition) is 2. The van der Waals surface area contributed by atoms with Crippen LogP contribution in [0.2, 0.25) is 0 Å². The van der Waals surface area contributed by atoms with Crippen LogP contribution in [0.1, 0.15) is 16.7 Å². The Morgan fingerprint density at radius 2 is 2.12 bits per heavy atom. The summed E-state index contributed by atoms with van der Waals surface area (Å²) in [4.78, 5) is 10.4. The molecule has 0 bridgehead atoms. The number of carboxylic acid groups (broad SMARTS) is 1. The molecule has 0 aliphatic carbocycles. The van der Waals surface area contributed by atoms with E-state index < -0.39 is 5.97 Å². The van der Waals surface area contributed by atoms with Crippen molar-refractivity contribution in [3.05, 3.63) is 28.8 Å². The molecule has 0 fully saturated rings. The highest BCUT2D eigenvalue weighted by Gasteiger charge is 2.07. The summed E-state index contributed by atoms with van der Waals surface area (Å²) in [6.07, 6.45) is 0.766. The molecule has 0 saturated heterocycles. The molecule has 0 atom stereocenters. The second kappa shape index (κ2) is 6.25. The van der Waals surface area contributed by atoms with Crippen molar-refractivity contribution in [3.63, 3.8) is 0 Å². The first-order chi connectivity index (χ1) is 8.04. The molecule has 0 amide bonds. The van der Waals surface area contributed by atoms with E-state index in [0.717, 1.165) is 17.7 Å². The van der Waals surface area contributed by atoms with Gasteiger partial charge in [0.2, 0.25) is 0 Å². The molecule has 0 unspecified atom stereocenters. The molecule has 94 valence electrons. The standard InChI is InChI=1S/C13H19NO3/c1-9-6-10(2)11(12(7-9)17-3)4-5-14-8-13(15)16/h6-7,14H,4-5,8H2,1-3H3,(H,15,16). The van der Waals surface area contributed by atoms with Gasteiger partial charge in [0, 0.05) is 0 Å². The number of hydrogen-bond acceptors (Lipinski definition) is 3. The van der Waals surface area contributed by atoms with Crippen molar-refractivity contribution < 1.29 is 14.6 Å². The number of aryl methyl sites for hydroxylation is 2. The zero-order valence-electron chi connectivity index (χ0n) is 10.5. The second-order valence-corrected chi connectivity index (χ2v) is 4.08. The molecule has 1 aromatic rings. The van der Waals surface area contributed by atoms with Gasteiger partial charge in [0.05, 0.1) is 13.7 Å². The predicted octanol–water partition coefficient (Wildman–Crippen LogP) is 1.53. The van der Waals surface area contributed by atoms with Gasteiger partial charge in [-0.25, -0.2) is 0 Å². The van der Waals surface area contributed by atoms with Gasteiger partial charge in [-0.2, -0.15) is 0 Å². The zero-order valence-corrected chi connectivity index (χ0v) is 10.5. The highest BCUT2D eigenvalue weighted by Crippen LogP contribution is 2.24. The summed E-state index contributed by atoms with van der Waals surface area (Å²) >= 11 is 0. The van der Waals surface area contributed by atoms with E-state index in [-0.39, 0.29) is 6.54 Å². The molecular weight excluding hydrogens is 218 g/mol. The molecule has 0 heterocycles. The Labute approximate surface area is 102 Å². The van der Waals surface area contributed by atoms with Gasteiger partial charge in [-0.05, 0) is 49.6 Å². The Hall–Kier alpha value is -1.55. The van der Waals surface area contributed by atoms with Crippen molar-refractivity contribution in [2.24, 2.45) is 0 Å². The lowest BCUT2D eigenvalue weighted by atomic mass is 10.0. The summed E-state index contributed by atoms with van der Waals surface area (Å²) in [6, 6.07) is 4.11. The average molecular weight is 237 g/mol. The van der Waals surface area contributed by atoms with Crippen LogP contribution in [-0.2, 0) is 11.2 Å². The number of benzene rings is 1. The van der Waals surface area contributed by atoms with Crippen molar-refractivity contribution in [1.82, 2.24) is 5.32 Å². The van der Waals surface area contributed by atoms with Gasteiger partial charge in [0.25, 0.3) is 0 Å². The fraction of sp³-hybridized carbons (Fsp3) is 0.462. The van der Waals surface area contributed by atoms with Crippen molar-refractivity contribution in [2.45, 2.75) is 20.3 Å². The fourth-order valence-corrected chi connectivity index (χ4v) is 1.87. The van der Waals surface area contributed by atoms with Crippen molar-refractivity contribution in [3.8, 4) is 5.75 Å². The Balaban J connectivity index is 2.66. The van der Waals surface area contributed by atoms with Gasteiger partial charge in [-0.15, -0.1) is 0 Å². The summed E-state index contributed by atoms with van der Waals surface area (Å²) in [5.41, 5.74) is 3.48. The predicted molar refractivity (Wildman–Crippen MR) is 66.7 cm³/mol. The number of nitrogens with one attached hydrogen (secondary N) is 1. The SMILES string of the molecule is COc1cc(C)cc(C)c1CCNCC(=O)O. The summed E-state index contributed by atoms with van der Waals surface area (Å²) in [7, 11) is 1.66. The molecule has 0 aliphatic heterocycles. The van der Waals surface area contributed by atoms with Crippen LogP contribution in [0.4, 0.5) is 0 Å². The second-order valence-electron chi connectivity index (χ2n) is 4.08. The van der Waals surface area contributed by atoms with Crippen LogP contribution in [0.25, 0.3) is 0 Å². The topological polar surface area (TPSA) is 58.6 Å². The maximum absolute atomic E-state index is 10.4. The van der Waals surface area contributed by atoms with Crippen LogP contribution in [0.15, 0.2) is 12.1 Å². The molecule has 0 aliphatic rings. The van der Waals surface area contributed by atoms with Crippen LogP contribution in [0.5, 0.6) is 5.75 Å². The van der Waals surface area contributed by atoms with E-state index >= 15 is 0 Å². The molecule has 4 nitrogen and oxygen atoms in total. The molecule has 0 radical (unpaired) electrons. The lowest BCUT2D eigenvalue weighted by molar-refractivity contribution is -0.135. The first-order valence-corrected chi connectivity index (χ1v) is 5.61. The van der Waals surface area contributed by atoms with Crippen molar-refractivity contribution in [2.75, 3.05) is 20.2 Å². The number of carboxylic acids is 1. The number of aliphatic carboxylic acids is 1. The van der Waals surface area contributed by atoms with Gasteiger partial charge in [-0.1, -0.05) is 6.07 Å². The van der Waals surface area contributed by atoms with Crippen LogP contribution in [0.3, 0.4) is 0 Å². The van der Waals surface area contributed by atoms with Crippen LogP contribution >= 0.6 is 0 Å². The van der Waals surface area contributed by atoms with E-state index in [2.05, 4.69) is 11.4 Å². The van der Waals surface area contributed by atoms with Gasteiger partial charge in [0.15, 0.2) is 0 Å². The van der Waals surface area contributed by atoms with Crippen molar-refractivity contribution in [1.29, 1.82) is 0 Å². The Kier molecular flexibility index (Phi) is 4.97. The number of ether oxygens (including phenoxy) is 1. The highest BCUT2D eigenvalue weighted by atomic mass is 16.5. The lowest BCUT2D eigenvalue weighted by Gasteiger charge is -2.13. The maximum Gasteiger partial charge on any atom is 0.317 e. The normalized spacial score (nSPS) is 10.3. The Morgan fingerprint density at radius 3 is 2.71 bits per heavy atom. The van der Waals surface area contributed by atoms with Gasteiger partial charge in [-0.3, -0.25) is 4.79 Å². The van der Waals surface area contributed by atoms with Crippen LogP contribution in [0, 0.1) is 13.8 Å². The molecule has 0 aromatic heterocycles. The summed E-state index contributed by atoms with van der Waals surface area (Å²) in [5, 5.41) is 11.4. The minimum atomic E-state index is -0.836. The number of carbonyl (C=O) groups is 1.